The fourth-order valence-corrected chi connectivity index (χ4v) is 3.61. The van der Waals surface area contributed by atoms with E-state index in [0.29, 0.717) is 42.6 Å². The average Bonchev–Trinajstić information content (AvgIpc) is 2.91. The maximum Gasteiger partial charge on any atom is 0.224 e. The lowest BCUT2D eigenvalue weighted by Gasteiger charge is -2.09. The summed E-state index contributed by atoms with van der Waals surface area (Å²) in [7, 11) is 0. The summed E-state index contributed by atoms with van der Waals surface area (Å²) in [6, 6.07) is 12.8. The molecule has 0 saturated carbocycles. The number of hydrogen-bond acceptors (Lipinski definition) is 5. The molecule has 0 unspecified atom stereocenters. The molecular weight excluding hydrogens is 374 g/mol. The SMILES string of the molecule is CC(C)CC(=O)Nc1ccc(C(=O)CSc2ccc3c(c2)OCCCO3)cc1. The van der Waals surface area contributed by atoms with Gasteiger partial charge in [0.1, 0.15) is 0 Å². The standard InChI is InChI=1S/C22H25NO4S/c1-15(2)12-22(25)23-17-6-4-16(5-7-17)19(24)14-28-18-8-9-20-21(13-18)27-11-3-10-26-20/h4-9,13,15H,3,10-12,14H2,1-2H3,(H,23,25). The van der Waals surface area contributed by atoms with Crippen molar-refractivity contribution in [1.29, 1.82) is 0 Å². The largest absolute Gasteiger partial charge is 0.490 e. The topological polar surface area (TPSA) is 64.6 Å². The van der Waals surface area contributed by atoms with Crippen LogP contribution in [0.15, 0.2) is 47.4 Å². The van der Waals surface area contributed by atoms with E-state index >= 15 is 0 Å². The Morgan fingerprint density at radius 1 is 1.04 bits per heavy atom. The van der Waals surface area contributed by atoms with Crippen LogP contribution in [0.2, 0.25) is 0 Å². The van der Waals surface area contributed by atoms with Gasteiger partial charge in [0.25, 0.3) is 0 Å². The number of amides is 1. The quantitative estimate of drug-likeness (QED) is 0.535. The van der Waals surface area contributed by atoms with Crippen molar-refractivity contribution in [2.45, 2.75) is 31.6 Å². The van der Waals surface area contributed by atoms with E-state index in [9.17, 15) is 9.59 Å². The zero-order chi connectivity index (χ0) is 19.9. The van der Waals surface area contributed by atoms with E-state index in [4.69, 9.17) is 9.47 Å². The zero-order valence-electron chi connectivity index (χ0n) is 16.2. The Bertz CT molecular complexity index is 833. The van der Waals surface area contributed by atoms with Crippen LogP contribution in [0, 0.1) is 5.92 Å². The van der Waals surface area contributed by atoms with Gasteiger partial charge in [0.2, 0.25) is 5.91 Å². The van der Waals surface area contributed by atoms with Crippen molar-refractivity contribution in [2.75, 3.05) is 24.3 Å². The van der Waals surface area contributed by atoms with Crippen molar-refractivity contribution >= 4 is 29.1 Å². The molecule has 2 aromatic carbocycles. The molecule has 28 heavy (non-hydrogen) atoms. The number of carbonyl (C=O) groups excluding carboxylic acids is 2. The van der Waals surface area contributed by atoms with Crippen molar-refractivity contribution in [3.05, 3.63) is 48.0 Å². The third kappa shape index (κ3) is 5.76. The summed E-state index contributed by atoms with van der Waals surface area (Å²) in [5, 5.41) is 2.85. The van der Waals surface area contributed by atoms with Gasteiger partial charge in [-0.1, -0.05) is 13.8 Å². The molecule has 2 aromatic rings. The number of fused-ring (bicyclic) bond motifs is 1. The van der Waals surface area contributed by atoms with Gasteiger partial charge in [-0.05, 0) is 48.4 Å². The van der Waals surface area contributed by atoms with Crippen molar-refractivity contribution in [2.24, 2.45) is 5.92 Å². The summed E-state index contributed by atoms with van der Waals surface area (Å²) in [5.41, 5.74) is 1.33. The second-order valence-electron chi connectivity index (χ2n) is 7.09. The molecule has 1 aliphatic heterocycles. The predicted molar refractivity (Wildman–Crippen MR) is 112 cm³/mol. The minimum Gasteiger partial charge on any atom is -0.490 e. The number of ketones is 1. The maximum absolute atomic E-state index is 12.5. The molecule has 0 spiro atoms. The lowest BCUT2D eigenvalue weighted by molar-refractivity contribution is -0.116. The van der Waals surface area contributed by atoms with Gasteiger partial charge in [-0.2, -0.15) is 0 Å². The van der Waals surface area contributed by atoms with Crippen molar-refractivity contribution in [1.82, 2.24) is 0 Å². The van der Waals surface area contributed by atoms with Crippen LogP contribution >= 0.6 is 11.8 Å². The lowest BCUT2D eigenvalue weighted by atomic mass is 10.1. The predicted octanol–water partition coefficient (Wildman–Crippen LogP) is 4.81. The fraction of sp³-hybridized carbons (Fsp3) is 0.364. The molecule has 1 amide bonds. The molecule has 0 saturated heterocycles. The highest BCUT2D eigenvalue weighted by Crippen LogP contribution is 2.34. The number of hydrogen-bond donors (Lipinski definition) is 1. The molecule has 0 atom stereocenters. The summed E-state index contributed by atoms with van der Waals surface area (Å²) >= 11 is 1.47. The van der Waals surface area contributed by atoms with Gasteiger partial charge in [0, 0.05) is 29.0 Å². The lowest BCUT2D eigenvalue weighted by Crippen LogP contribution is -2.14. The first kappa shape index (κ1) is 20.3. The fourth-order valence-electron chi connectivity index (χ4n) is 2.79. The van der Waals surface area contributed by atoms with Crippen LogP contribution in [0.25, 0.3) is 0 Å². The molecule has 5 nitrogen and oxygen atoms in total. The maximum atomic E-state index is 12.5. The van der Waals surface area contributed by atoms with Gasteiger partial charge in [0.15, 0.2) is 17.3 Å². The van der Waals surface area contributed by atoms with Gasteiger partial charge in [-0.3, -0.25) is 9.59 Å². The van der Waals surface area contributed by atoms with Crippen LogP contribution in [0.5, 0.6) is 11.5 Å². The summed E-state index contributed by atoms with van der Waals surface area (Å²) in [6.45, 7) is 5.30. The normalized spacial score (nSPS) is 13.1. The van der Waals surface area contributed by atoms with E-state index in [0.717, 1.165) is 22.8 Å². The Balaban J connectivity index is 1.55. The molecule has 0 fully saturated rings. The number of Topliss-reactive ketones (excluding diaryl/α,β-unsaturated/α-hetero) is 1. The second kappa shape index (κ2) is 9.64. The molecule has 1 aliphatic rings. The Hall–Kier alpha value is -2.47. The van der Waals surface area contributed by atoms with E-state index in [-0.39, 0.29) is 11.7 Å². The first-order valence-electron chi connectivity index (χ1n) is 9.47. The highest BCUT2D eigenvalue weighted by atomic mass is 32.2. The third-order valence-corrected chi connectivity index (χ3v) is 5.17. The highest BCUT2D eigenvalue weighted by Gasteiger charge is 2.13. The van der Waals surface area contributed by atoms with Gasteiger partial charge in [-0.25, -0.2) is 0 Å². The molecule has 0 bridgehead atoms. The molecule has 148 valence electrons. The molecular formula is C22H25NO4S. The number of anilines is 1. The molecule has 0 aromatic heterocycles. The molecule has 3 rings (SSSR count). The first-order chi connectivity index (χ1) is 13.5. The number of benzene rings is 2. The Kier molecular flexibility index (Phi) is 6.98. The number of nitrogens with one attached hydrogen (secondary N) is 1. The second-order valence-corrected chi connectivity index (χ2v) is 8.14. The van der Waals surface area contributed by atoms with Crippen LogP contribution in [0.1, 0.15) is 37.0 Å². The Labute approximate surface area is 169 Å². The highest BCUT2D eigenvalue weighted by molar-refractivity contribution is 8.00. The van der Waals surface area contributed by atoms with E-state index in [1.807, 2.05) is 32.0 Å². The number of thioether (sulfide) groups is 1. The van der Waals surface area contributed by atoms with Gasteiger partial charge in [-0.15, -0.1) is 11.8 Å². The summed E-state index contributed by atoms with van der Waals surface area (Å²) < 4.78 is 11.3. The summed E-state index contributed by atoms with van der Waals surface area (Å²) in [5.74, 6) is 2.15. The van der Waals surface area contributed by atoms with Crippen molar-refractivity contribution < 1.29 is 19.1 Å². The molecule has 6 heteroatoms. The summed E-state index contributed by atoms with van der Waals surface area (Å²) in [4.78, 5) is 25.3. The molecule has 0 radical (unpaired) electrons. The first-order valence-corrected chi connectivity index (χ1v) is 10.5. The smallest absolute Gasteiger partial charge is 0.224 e. The van der Waals surface area contributed by atoms with Crippen molar-refractivity contribution in [3.63, 3.8) is 0 Å². The van der Waals surface area contributed by atoms with Crippen LogP contribution in [-0.2, 0) is 4.79 Å². The van der Waals surface area contributed by atoms with E-state index in [1.165, 1.54) is 11.8 Å². The minimum atomic E-state index is -0.0148. The zero-order valence-corrected chi connectivity index (χ0v) is 17.0. The molecule has 1 N–H and O–H groups in total. The van der Waals surface area contributed by atoms with Crippen LogP contribution in [-0.4, -0.2) is 30.7 Å². The average molecular weight is 400 g/mol. The monoisotopic (exact) mass is 399 g/mol. The number of rotatable bonds is 7. The van der Waals surface area contributed by atoms with Crippen LogP contribution in [0.4, 0.5) is 5.69 Å². The van der Waals surface area contributed by atoms with E-state index in [2.05, 4.69) is 5.32 Å². The van der Waals surface area contributed by atoms with Gasteiger partial charge < -0.3 is 14.8 Å². The number of carbonyl (C=O) groups is 2. The third-order valence-electron chi connectivity index (χ3n) is 4.17. The Morgan fingerprint density at radius 3 is 2.46 bits per heavy atom. The van der Waals surface area contributed by atoms with Crippen molar-refractivity contribution in [3.8, 4) is 11.5 Å². The number of ether oxygens (including phenoxy) is 2. The Morgan fingerprint density at radius 2 is 1.75 bits per heavy atom. The van der Waals surface area contributed by atoms with Gasteiger partial charge >= 0.3 is 0 Å². The summed E-state index contributed by atoms with van der Waals surface area (Å²) in [6.07, 6.45) is 1.34. The van der Waals surface area contributed by atoms with Crippen LogP contribution in [0.3, 0.4) is 0 Å². The minimum absolute atomic E-state index is 0.0148. The van der Waals surface area contributed by atoms with Crippen LogP contribution < -0.4 is 14.8 Å². The molecule has 0 aliphatic carbocycles. The van der Waals surface area contributed by atoms with Gasteiger partial charge in [0.05, 0.1) is 19.0 Å². The van der Waals surface area contributed by atoms with E-state index < -0.39 is 0 Å². The van der Waals surface area contributed by atoms with E-state index in [1.54, 1.807) is 24.3 Å². The molecule has 1 heterocycles.